The number of carbonyl (C=O) groups excluding carboxylic acids is 1. The topological polar surface area (TPSA) is 63.6 Å². The van der Waals surface area contributed by atoms with E-state index in [9.17, 15) is 9.18 Å². The van der Waals surface area contributed by atoms with Crippen molar-refractivity contribution in [1.29, 1.82) is 0 Å². The van der Waals surface area contributed by atoms with Gasteiger partial charge in [-0.05, 0) is 48.5 Å². The summed E-state index contributed by atoms with van der Waals surface area (Å²) in [5.74, 6) is -0.170. The molecule has 0 unspecified atom stereocenters. The van der Waals surface area contributed by atoms with Gasteiger partial charge >= 0.3 is 0 Å². The highest BCUT2D eigenvalue weighted by atomic mass is 35.5. The number of nitrogens with one attached hydrogen (secondary N) is 1. The maximum Gasteiger partial charge on any atom is 0.271 e. The van der Waals surface area contributed by atoms with E-state index in [0.29, 0.717) is 16.9 Å². The van der Waals surface area contributed by atoms with E-state index in [1.807, 2.05) is 6.07 Å². The van der Waals surface area contributed by atoms with Crippen molar-refractivity contribution in [2.75, 3.05) is 7.11 Å². The number of ether oxygens (including phenoxy) is 1. The summed E-state index contributed by atoms with van der Waals surface area (Å²) in [5, 5.41) is 4.97. The summed E-state index contributed by atoms with van der Waals surface area (Å²) in [4.78, 5) is 16.2. The molecule has 0 aliphatic rings. The number of rotatable bonds is 4. The number of benzene rings is 2. The Kier molecular flexibility index (Phi) is 4.90. The number of carbonyl (C=O) groups is 1. The van der Waals surface area contributed by atoms with Crippen LogP contribution in [0.15, 0.2) is 53.6 Å². The Morgan fingerprint density at radius 1 is 1.24 bits per heavy atom. The molecule has 3 rings (SSSR count). The van der Waals surface area contributed by atoms with Crippen molar-refractivity contribution >= 4 is 34.6 Å². The lowest BCUT2D eigenvalue weighted by atomic mass is 10.1. The minimum absolute atomic E-state index is 0.262. The summed E-state index contributed by atoms with van der Waals surface area (Å²) < 4.78 is 18.0. The van der Waals surface area contributed by atoms with Crippen LogP contribution in [-0.2, 0) is 0 Å². The number of methoxy groups -OCH3 is 1. The first-order chi connectivity index (χ1) is 12.1. The van der Waals surface area contributed by atoms with Crippen molar-refractivity contribution in [1.82, 2.24) is 10.4 Å². The Labute approximate surface area is 148 Å². The molecule has 1 aromatic heterocycles. The van der Waals surface area contributed by atoms with Crippen LogP contribution in [-0.4, -0.2) is 24.2 Å². The van der Waals surface area contributed by atoms with Crippen LogP contribution >= 0.6 is 11.6 Å². The second-order valence-corrected chi connectivity index (χ2v) is 5.49. The normalized spacial score (nSPS) is 11.0. The van der Waals surface area contributed by atoms with Gasteiger partial charge in [0.25, 0.3) is 5.91 Å². The molecule has 0 atom stereocenters. The summed E-state index contributed by atoms with van der Waals surface area (Å²) in [6.07, 6.45) is 1.40. The smallest absolute Gasteiger partial charge is 0.271 e. The molecular formula is C18H13ClFN3O2. The zero-order valence-corrected chi connectivity index (χ0v) is 13.9. The van der Waals surface area contributed by atoms with Crippen LogP contribution in [0, 0.1) is 5.82 Å². The van der Waals surface area contributed by atoms with Crippen molar-refractivity contribution < 1.29 is 13.9 Å². The van der Waals surface area contributed by atoms with Crippen molar-refractivity contribution in [3.63, 3.8) is 0 Å². The van der Waals surface area contributed by atoms with Crippen molar-refractivity contribution in [3.8, 4) is 5.75 Å². The van der Waals surface area contributed by atoms with Gasteiger partial charge in [0, 0.05) is 16.5 Å². The minimum atomic E-state index is -0.456. The van der Waals surface area contributed by atoms with Gasteiger partial charge in [0.15, 0.2) is 0 Å². The predicted molar refractivity (Wildman–Crippen MR) is 94.8 cm³/mol. The molecule has 0 spiro atoms. The molecule has 0 fully saturated rings. The molecule has 1 N–H and O–H groups in total. The van der Waals surface area contributed by atoms with Gasteiger partial charge in [-0.2, -0.15) is 5.10 Å². The van der Waals surface area contributed by atoms with Gasteiger partial charge in [-0.3, -0.25) is 4.79 Å². The largest absolute Gasteiger partial charge is 0.497 e. The molecule has 0 bridgehead atoms. The minimum Gasteiger partial charge on any atom is -0.497 e. The van der Waals surface area contributed by atoms with E-state index >= 15 is 0 Å². The molecule has 0 saturated heterocycles. The lowest BCUT2D eigenvalue weighted by Crippen LogP contribution is -2.17. The summed E-state index contributed by atoms with van der Waals surface area (Å²) in [6, 6.07) is 12.4. The molecule has 0 aliphatic carbocycles. The Morgan fingerprint density at radius 2 is 2.00 bits per heavy atom. The molecule has 25 heavy (non-hydrogen) atoms. The van der Waals surface area contributed by atoms with Gasteiger partial charge in [0.2, 0.25) is 0 Å². The first-order valence-corrected chi connectivity index (χ1v) is 7.68. The van der Waals surface area contributed by atoms with E-state index in [0.717, 1.165) is 10.9 Å². The third kappa shape index (κ3) is 3.92. The predicted octanol–water partition coefficient (Wildman–Crippen LogP) is 3.80. The average Bonchev–Trinajstić information content (AvgIpc) is 2.62. The number of fused-ring (bicyclic) bond motifs is 1. The summed E-state index contributed by atoms with van der Waals surface area (Å²) in [6.45, 7) is 0. The Morgan fingerprint density at radius 3 is 2.72 bits per heavy atom. The molecular weight excluding hydrogens is 345 g/mol. The zero-order chi connectivity index (χ0) is 17.8. The van der Waals surface area contributed by atoms with E-state index in [1.165, 1.54) is 30.5 Å². The van der Waals surface area contributed by atoms with Crippen molar-refractivity contribution in [2.24, 2.45) is 5.10 Å². The number of hydrogen-bond donors (Lipinski definition) is 1. The number of pyridine rings is 1. The van der Waals surface area contributed by atoms with Gasteiger partial charge < -0.3 is 4.74 Å². The van der Waals surface area contributed by atoms with Gasteiger partial charge in [0.1, 0.15) is 16.7 Å². The third-order valence-corrected chi connectivity index (χ3v) is 3.78. The summed E-state index contributed by atoms with van der Waals surface area (Å²) >= 11 is 6.14. The number of nitrogens with zero attached hydrogens (tertiary/aromatic N) is 2. The van der Waals surface area contributed by atoms with Crippen molar-refractivity contribution in [2.45, 2.75) is 0 Å². The standard InChI is InChI=1S/C18H13ClFN3O2/c1-25-15-6-7-16-12(9-15)8-13(17(19)22-16)10-21-23-18(24)11-2-4-14(20)5-3-11/h2-10H,1H3,(H,23,24)/b21-10-. The monoisotopic (exact) mass is 357 g/mol. The number of halogens is 2. The number of hydrazone groups is 1. The summed E-state index contributed by atoms with van der Waals surface area (Å²) in [5.41, 5.74) is 3.92. The van der Waals surface area contributed by atoms with E-state index < -0.39 is 11.7 Å². The zero-order valence-electron chi connectivity index (χ0n) is 13.2. The van der Waals surface area contributed by atoms with Gasteiger partial charge in [-0.15, -0.1) is 0 Å². The van der Waals surface area contributed by atoms with Crippen LogP contribution < -0.4 is 10.2 Å². The molecule has 0 radical (unpaired) electrons. The molecule has 0 saturated carbocycles. The average molecular weight is 358 g/mol. The lowest BCUT2D eigenvalue weighted by molar-refractivity contribution is 0.0955. The third-order valence-electron chi connectivity index (χ3n) is 3.48. The molecule has 126 valence electrons. The van der Waals surface area contributed by atoms with Gasteiger partial charge in [-0.1, -0.05) is 11.6 Å². The number of amides is 1. The van der Waals surface area contributed by atoms with Gasteiger partial charge in [0.05, 0.1) is 18.8 Å². The van der Waals surface area contributed by atoms with E-state index in [-0.39, 0.29) is 5.15 Å². The SMILES string of the molecule is COc1ccc2nc(Cl)c(/C=N\NC(=O)c3ccc(F)cc3)cc2c1. The maximum atomic E-state index is 12.9. The van der Waals surface area contributed by atoms with E-state index in [1.54, 1.807) is 25.3 Å². The van der Waals surface area contributed by atoms with E-state index in [4.69, 9.17) is 16.3 Å². The maximum absolute atomic E-state index is 12.9. The lowest BCUT2D eigenvalue weighted by Gasteiger charge is -2.05. The van der Waals surface area contributed by atoms with Crippen LogP contribution in [0.4, 0.5) is 4.39 Å². The first kappa shape index (κ1) is 16.9. The first-order valence-electron chi connectivity index (χ1n) is 7.30. The summed E-state index contributed by atoms with van der Waals surface area (Å²) in [7, 11) is 1.58. The Balaban J connectivity index is 1.79. The highest BCUT2D eigenvalue weighted by molar-refractivity contribution is 6.32. The Bertz CT molecular complexity index is 958. The van der Waals surface area contributed by atoms with Crippen LogP contribution in [0.5, 0.6) is 5.75 Å². The van der Waals surface area contributed by atoms with E-state index in [2.05, 4.69) is 15.5 Å². The molecule has 0 aliphatic heterocycles. The van der Waals surface area contributed by atoms with Gasteiger partial charge in [-0.25, -0.2) is 14.8 Å². The number of aromatic nitrogens is 1. The molecule has 7 heteroatoms. The van der Waals surface area contributed by atoms with Crippen LogP contribution in [0.25, 0.3) is 10.9 Å². The molecule has 2 aromatic carbocycles. The number of hydrogen-bond acceptors (Lipinski definition) is 4. The van der Waals surface area contributed by atoms with Crippen LogP contribution in [0.3, 0.4) is 0 Å². The highest BCUT2D eigenvalue weighted by Gasteiger charge is 2.06. The second-order valence-electron chi connectivity index (χ2n) is 5.13. The molecule has 1 heterocycles. The van der Waals surface area contributed by atoms with Crippen LogP contribution in [0.2, 0.25) is 5.15 Å². The fourth-order valence-corrected chi connectivity index (χ4v) is 2.39. The van der Waals surface area contributed by atoms with Crippen molar-refractivity contribution in [3.05, 3.63) is 70.6 Å². The Hall–Kier alpha value is -2.99. The molecule has 3 aromatic rings. The molecule has 1 amide bonds. The fourth-order valence-electron chi connectivity index (χ4n) is 2.19. The fraction of sp³-hybridized carbons (Fsp3) is 0.0556. The highest BCUT2D eigenvalue weighted by Crippen LogP contribution is 2.23. The van der Waals surface area contributed by atoms with Crippen LogP contribution in [0.1, 0.15) is 15.9 Å². The molecule has 5 nitrogen and oxygen atoms in total. The second kappa shape index (κ2) is 7.27. The quantitative estimate of drug-likeness (QED) is 0.439.